The Morgan fingerprint density at radius 2 is 1.77 bits per heavy atom. The van der Waals surface area contributed by atoms with Crippen LogP contribution in [-0.4, -0.2) is 70.2 Å². The third kappa shape index (κ3) is 7.76. The first-order valence-corrected chi connectivity index (χ1v) is 22.5. The summed E-state index contributed by atoms with van der Waals surface area (Å²) in [7, 11) is -6.85. The van der Waals surface area contributed by atoms with Crippen molar-refractivity contribution in [1.29, 1.82) is 0 Å². The lowest BCUT2D eigenvalue weighted by Crippen LogP contribution is -2.42. The lowest BCUT2D eigenvalue weighted by atomic mass is 10.2. The van der Waals surface area contributed by atoms with Crippen molar-refractivity contribution in [2.45, 2.75) is 81.5 Å². The number of rotatable bonds is 14. The summed E-state index contributed by atoms with van der Waals surface area (Å²) >= 11 is 3.49. The van der Waals surface area contributed by atoms with Crippen LogP contribution in [-0.2, 0) is 26.2 Å². The molecule has 3 N–H and O–H groups in total. The van der Waals surface area contributed by atoms with Crippen LogP contribution < -0.4 is 11.3 Å². The van der Waals surface area contributed by atoms with E-state index in [1.807, 2.05) is 0 Å². The van der Waals surface area contributed by atoms with Crippen LogP contribution in [0.1, 0.15) is 23.3 Å². The van der Waals surface area contributed by atoms with E-state index < -0.39 is 37.7 Å². The molecule has 1 aliphatic rings. The second-order valence-electron chi connectivity index (χ2n) is 12.3. The van der Waals surface area contributed by atoms with Gasteiger partial charge in [0.15, 0.2) is 5.69 Å². The Bertz CT molecular complexity index is 1360. The summed E-state index contributed by atoms with van der Waals surface area (Å²) < 4.78 is 42.6. The Morgan fingerprint density at radius 1 is 1.18 bits per heavy atom. The monoisotopic (exact) mass is 658 g/mol. The van der Waals surface area contributed by atoms with Gasteiger partial charge in [0.25, 0.3) is 15.9 Å². The van der Waals surface area contributed by atoms with Crippen LogP contribution in [0.4, 0.5) is 0 Å². The van der Waals surface area contributed by atoms with Crippen LogP contribution in [0, 0.1) is 6.57 Å². The number of hydrogen-bond acceptors (Lipinski definition) is 7. The van der Waals surface area contributed by atoms with Crippen molar-refractivity contribution in [3.05, 3.63) is 33.7 Å². The number of aromatic nitrogens is 2. The number of carbonyl (C=O) groups is 1. The maximum absolute atomic E-state index is 13.9. The molecule has 0 spiro atoms. The van der Waals surface area contributed by atoms with E-state index in [4.69, 9.17) is 21.9 Å². The number of ether oxygens (including phenoxy) is 2. The van der Waals surface area contributed by atoms with Crippen LogP contribution >= 0.6 is 15.9 Å². The molecule has 11 nitrogen and oxygen atoms in total. The Balaban J connectivity index is 1.99. The highest BCUT2D eigenvalue weighted by Crippen LogP contribution is 2.46. The molecule has 1 heterocycles. The number of fused-ring (bicyclic) bond motifs is 1. The average molecular weight is 660 g/mol. The van der Waals surface area contributed by atoms with E-state index in [-0.39, 0.29) is 24.1 Å². The zero-order chi connectivity index (χ0) is 29.2. The van der Waals surface area contributed by atoms with Gasteiger partial charge in [-0.3, -0.25) is 15.1 Å². The molecule has 0 unspecified atom stereocenters. The number of amides is 1. The first-order valence-electron chi connectivity index (χ1n) is 12.8. The minimum Gasteiger partial charge on any atom is -0.365 e. The predicted octanol–water partition coefficient (Wildman–Crippen LogP) is 4.43. The molecule has 3 rings (SSSR count). The molecule has 1 aromatic carbocycles. The SMILES string of the molecule is [C-]#[N+]C1(N(COCC[Si](C)(C)C)S(=O)(=O)c2cc(Br)c3c(c2)c(C(=O)NN)nn3COCC[Si](C)(C)C)CC1. The maximum atomic E-state index is 13.9. The number of halogens is 1. The van der Waals surface area contributed by atoms with Crippen molar-refractivity contribution in [2.75, 3.05) is 19.9 Å². The van der Waals surface area contributed by atoms with E-state index in [0.29, 0.717) is 41.4 Å². The third-order valence-corrected chi connectivity index (χ3v) is 12.4. The van der Waals surface area contributed by atoms with Crippen LogP contribution in [0.5, 0.6) is 0 Å². The van der Waals surface area contributed by atoms with E-state index in [1.165, 1.54) is 16.8 Å². The molecular weight excluding hydrogens is 620 g/mol. The molecule has 15 heteroatoms. The molecule has 216 valence electrons. The number of nitrogen functional groups attached to an aromatic ring is 1. The van der Waals surface area contributed by atoms with E-state index >= 15 is 0 Å². The zero-order valence-electron chi connectivity index (χ0n) is 23.5. The van der Waals surface area contributed by atoms with Crippen molar-refractivity contribution in [1.82, 2.24) is 19.5 Å². The second-order valence-corrected chi connectivity index (χ2v) is 26.2. The molecule has 0 saturated heterocycles. The molecule has 0 aliphatic heterocycles. The molecule has 39 heavy (non-hydrogen) atoms. The van der Waals surface area contributed by atoms with Gasteiger partial charge in [-0.15, -0.1) is 0 Å². The number of carbonyl (C=O) groups excluding carboxylic acids is 1. The topological polar surface area (TPSA) is 133 Å². The van der Waals surface area contributed by atoms with Gasteiger partial charge in [-0.25, -0.2) is 25.5 Å². The number of hydrazine groups is 1. The summed E-state index contributed by atoms with van der Waals surface area (Å²) in [5.74, 6) is 4.75. The standard InChI is InChI=1S/C24H39BrN6O5SSi2/c1-27-24(8-9-24)31(17-36-11-13-39(5,6)7)37(33,34)18-14-19-21(23(32)28-26)29-30(22(19)20(25)15-18)16-35-10-12-38(2,3)4/h14-15H,8-13,16-17,26H2,2-7H3,(H,28,32). The average Bonchev–Trinajstić information content (AvgIpc) is 3.53. The second kappa shape index (κ2) is 12.1. The fourth-order valence-electron chi connectivity index (χ4n) is 3.84. The summed E-state index contributed by atoms with van der Waals surface area (Å²) in [5.41, 5.74) is 1.40. The van der Waals surface area contributed by atoms with Crippen molar-refractivity contribution in [3.63, 3.8) is 0 Å². The Kier molecular flexibility index (Phi) is 9.87. The fraction of sp³-hybridized carbons (Fsp3) is 0.625. The molecule has 0 radical (unpaired) electrons. The number of nitrogens with one attached hydrogen (secondary N) is 1. The van der Waals surface area contributed by atoms with Gasteiger partial charge in [0.05, 0.1) is 23.3 Å². The lowest BCUT2D eigenvalue weighted by molar-refractivity contribution is 0.0642. The number of nitrogens with two attached hydrogens (primary N) is 1. The van der Waals surface area contributed by atoms with Crippen LogP contribution in [0.2, 0.25) is 51.4 Å². The smallest absolute Gasteiger partial charge is 0.303 e. The Hall–Kier alpha value is -1.65. The fourth-order valence-corrected chi connectivity index (χ4v) is 7.85. The van der Waals surface area contributed by atoms with Crippen molar-refractivity contribution in [2.24, 2.45) is 5.84 Å². The van der Waals surface area contributed by atoms with Gasteiger partial charge in [-0.05, 0) is 40.2 Å². The molecule has 2 aromatic rings. The third-order valence-electron chi connectivity index (χ3n) is 6.49. The van der Waals surface area contributed by atoms with Crippen LogP contribution in [0.15, 0.2) is 21.5 Å². The molecule has 1 aliphatic carbocycles. The highest BCUT2D eigenvalue weighted by atomic mass is 79.9. The highest BCUT2D eigenvalue weighted by molar-refractivity contribution is 9.10. The predicted molar refractivity (Wildman–Crippen MR) is 160 cm³/mol. The quantitative estimate of drug-likeness (QED) is 0.0584. The summed E-state index contributed by atoms with van der Waals surface area (Å²) in [6, 6.07) is 4.71. The van der Waals surface area contributed by atoms with E-state index in [9.17, 15) is 13.2 Å². The van der Waals surface area contributed by atoms with Gasteiger partial charge in [-0.2, -0.15) is 5.10 Å². The Morgan fingerprint density at radius 3 is 2.28 bits per heavy atom. The van der Waals surface area contributed by atoms with Gasteiger partial charge in [0.1, 0.15) is 13.5 Å². The summed E-state index contributed by atoms with van der Waals surface area (Å²) in [6.45, 7) is 21.9. The van der Waals surface area contributed by atoms with Gasteiger partial charge < -0.3 is 9.47 Å². The normalized spacial score (nSPS) is 15.5. The molecule has 0 atom stereocenters. The van der Waals surface area contributed by atoms with E-state index in [0.717, 1.165) is 16.4 Å². The van der Waals surface area contributed by atoms with Gasteiger partial charge in [0.2, 0.25) is 0 Å². The largest absolute Gasteiger partial charge is 0.365 e. The van der Waals surface area contributed by atoms with Crippen molar-refractivity contribution < 1.29 is 22.7 Å². The van der Waals surface area contributed by atoms with Gasteiger partial charge in [0, 0.05) is 39.2 Å². The zero-order valence-corrected chi connectivity index (χ0v) is 27.9. The number of nitrogens with zero attached hydrogens (tertiary/aromatic N) is 4. The van der Waals surface area contributed by atoms with E-state index in [2.05, 4.69) is 70.6 Å². The summed E-state index contributed by atoms with van der Waals surface area (Å²) in [5, 5.41) is 4.69. The summed E-state index contributed by atoms with van der Waals surface area (Å²) in [4.78, 5) is 16.2. The Labute approximate surface area is 241 Å². The molecule has 1 saturated carbocycles. The molecule has 1 amide bonds. The first-order chi connectivity index (χ1) is 18.0. The first kappa shape index (κ1) is 31.9. The highest BCUT2D eigenvalue weighted by Gasteiger charge is 2.61. The number of sulfonamides is 1. The van der Waals surface area contributed by atoms with E-state index in [1.54, 1.807) is 0 Å². The van der Waals surface area contributed by atoms with Crippen LogP contribution in [0.3, 0.4) is 0 Å². The molecule has 1 aromatic heterocycles. The molecule has 1 fully saturated rings. The minimum atomic E-state index is -4.17. The number of benzene rings is 1. The minimum absolute atomic E-state index is 0.0247. The van der Waals surface area contributed by atoms with Crippen LogP contribution in [0.25, 0.3) is 15.7 Å². The summed E-state index contributed by atoms with van der Waals surface area (Å²) in [6.07, 6.45) is 0.869. The van der Waals surface area contributed by atoms with Gasteiger partial charge >= 0.3 is 5.66 Å². The van der Waals surface area contributed by atoms with Crippen molar-refractivity contribution >= 4 is 58.9 Å². The number of hydrogen-bond donors (Lipinski definition) is 2. The molecular formula is C24H39BrN6O5SSi2. The van der Waals surface area contributed by atoms with Gasteiger partial charge in [-0.1, -0.05) is 43.6 Å². The van der Waals surface area contributed by atoms with Crippen molar-refractivity contribution in [3.8, 4) is 0 Å². The lowest BCUT2D eigenvalue weighted by Gasteiger charge is -2.24. The molecule has 0 bridgehead atoms. The maximum Gasteiger partial charge on any atom is 0.303 e.